The van der Waals surface area contributed by atoms with Crippen LogP contribution in [0, 0.1) is 34.5 Å². The average molecular weight is 381 g/mol. The van der Waals surface area contributed by atoms with Crippen LogP contribution in [0.2, 0.25) is 0 Å². The van der Waals surface area contributed by atoms with E-state index >= 15 is 0 Å². The van der Waals surface area contributed by atoms with Crippen LogP contribution in [0.3, 0.4) is 0 Å². The largest absolute Gasteiger partial charge is 0.374 e. The molecule has 0 heterocycles. The van der Waals surface area contributed by atoms with Gasteiger partial charge in [-0.2, -0.15) is 0 Å². The Balaban J connectivity index is 1.27. The third-order valence-electron chi connectivity index (χ3n) is 9.66. The summed E-state index contributed by atoms with van der Waals surface area (Å²) in [5.74, 6) is 3.69. The number of rotatable bonds is 3. The zero-order chi connectivity index (χ0) is 19.4. The normalized spacial score (nSPS) is 45.2. The molecule has 0 saturated heterocycles. The van der Waals surface area contributed by atoms with Crippen LogP contribution in [0.4, 0.5) is 0 Å². The molecule has 1 aromatic rings. The van der Waals surface area contributed by atoms with Crippen molar-refractivity contribution in [1.29, 1.82) is 0 Å². The first kappa shape index (κ1) is 18.9. The molecule has 4 aliphatic carbocycles. The zero-order valence-corrected chi connectivity index (χ0v) is 17.7. The van der Waals surface area contributed by atoms with E-state index in [0.717, 1.165) is 37.2 Å². The highest BCUT2D eigenvalue weighted by molar-refractivity contribution is 5.87. The first-order chi connectivity index (χ1) is 13.5. The minimum absolute atomic E-state index is 0.0142. The predicted octanol–water partition coefficient (Wildman–Crippen LogP) is 6.18. The van der Waals surface area contributed by atoms with E-state index < -0.39 is 0 Å². The van der Waals surface area contributed by atoms with E-state index in [1.165, 1.54) is 50.5 Å². The van der Waals surface area contributed by atoms with Crippen LogP contribution in [0.5, 0.6) is 0 Å². The number of hydrogen-bond acceptors (Lipinski definition) is 2. The maximum absolute atomic E-state index is 12.6. The summed E-state index contributed by atoms with van der Waals surface area (Å²) in [6, 6.07) is 10.6. The lowest BCUT2D eigenvalue weighted by Gasteiger charge is -2.60. The predicted molar refractivity (Wildman–Crippen MR) is 112 cm³/mol. The van der Waals surface area contributed by atoms with Crippen molar-refractivity contribution in [3.63, 3.8) is 0 Å². The zero-order valence-electron chi connectivity index (χ0n) is 17.7. The van der Waals surface area contributed by atoms with Crippen LogP contribution in [-0.2, 0) is 16.1 Å². The van der Waals surface area contributed by atoms with Gasteiger partial charge in [-0.25, -0.2) is 0 Å². The van der Waals surface area contributed by atoms with Crippen molar-refractivity contribution >= 4 is 5.78 Å². The van der Waals surface area contributed by atoms with Crippen LogP contribution >= 0.6 is 0 Å². The molecule has 0 bridgehead atoms. The van der Waals surface area contributed by atoms with Gasteiger partial charge in [-0.3, -0.25) is 4.79 Å². The third kappa shape index (κ3) is 2.90. The Bertz CT molecular complexity index is 727. The molecule has 0 aromatic heterocycles. The van der Waals surface area contributed by atoms with Crippen LogP contribution in [-0.4, -0.2) is 11.9 Å². The van der Waals surface area contributed by atoms with Crippen LogP contribution in [0.15, 0.2) is 30.3 Å². The van der Waals surface area contributed by atoms with E-state index in [9.17, 15) is 4.79 Å². The van der Waals surface area contributed by atoms with Gasteiger partial charge in [-0.15, -0.1) is 0 Å². The van der Waals surface area contributed by atoms with Crippen molar-refractivity contribution < 1.29 is 9.53 Å². The molecule has 5 rings (SSSR count). The molecule has 152 valence electrons. The van der Waals surface area contributed by atoms with Gasteiger partial charge in [0.2, 0.25) is 0 Å². The molecular weight excluding hydrogens is 344 g/mol. The molecule has 2 nitrogen and oxygen atoms in total. The topological polar surface area (TPSA) is 26.3 Å². The van der Waals surface area contributed by atoms with Gasteiger partial charge in [-0.05, 0) is 86.0 Å². The minimum atomic E-state index is 0.0142. The monoisotopic (exact) mass is 380 g/mol. The lowest BCUT2D eigenvalue weighted by molar-refractivity contribution is -0.145. The Morgan fingerprint density at radius 3 is 2.61 bits per heavy atom. The van der Waals surface area contributed by atoms with Crippen molar-refractivity contribution in [2.75, 3.05) is 0 Å². The van der Waals surface area contributed by atoms with Gasteiger partial charge < -0.3 is 4.74 Å². The molecule has 4 fully saturated rings. The van der Waals surface area contributed by atoms with Gasteiger partial charge in [0.1, 0.15) is 5.78 Å². The number of ether oxygens (including phenoxy) is 1. The lowest BCUT2D eigenvalue weighted by Crippen LogP contribution is -2.54. The highest BCUT2D eigenvalue weighted by Gasteiger charge is 2.60. The third-order valence-corrected chi connectivity index (χ3v) is 9.66. The summed E-state index contributed by atoms with van der Waals surface area (Å²) in [5, 5.41) is 0. The molecule has 0 aliphatic heterocycles. The highest BCUT2D eigenvalue weighted by Crippen LogP contribution is 2.65. The maximum Gasteiger partial charge on any atom is 0.139 e. The molecule has 1 aromatic carbocycles. The fraction of sp³-hybridized carbons (Fsp3) is 0.731. The standard InChI is InChI=1S/C26H36O2/c1-25-14-12-20(28-17-18-6-4-3-5-7-18)16-19(25)8-9-21-22-10-11-24(27)26(22,2)15-13-23(21)25/h3-7,19-23H,8-17H2,1-2H3/t19-,20-,21-,22+,23+,25-,26-/m0/s1. The summed E-state index contributed by atoms with van der Waals surface area (Å²) in [4.78, 5) is 12.6. The molecule has 28 heavy (non-hydrogen) atoms. The number of hydrogen-bond donors (Lipinski definition) is 0. The second-order valence-corrected chi connectivity index (χ2v) is 10.8. The highest BCUT2D eigenvalue weighted by atomic mass is 16.5. The summed E-state index contributed by atoms with van der Waals surface area (Å²) in [6.07, 6.45) is 11.3. The smallest absolute Gasteiger partial charge is 0.139 e. The first-order valence-electron chi connectivity index (χ1n) is 11.7. The Morgan fingerprint density at radius 2 is 1.79 bits per heavy atom. The van der Waals surface area contributed by atoms with E-state index in [1.807, 2.05) is 0 Å². The number of ketones is 1. The Morgan fingerprint density at radius 1 is 0.964 bits per heavy atom. The average Bonchev–Trinajstić information content (AvgIpc) is 3.02. The number of benzene rings is 1. The van der Waals surface area contributed by atoms with Crippen molar-refractivity contribution in [3.05, 3.63) is 35.9 Å². The molecule has 0 unspecified atom stereocenters. The maximum atomic E-state index is 12.6. The van der Waals surface area contributed by atoms with Gasteiger partial charge in [0.05, 0.1) is 12.7 Å². The fourth-order valence-corrected chi connectivity index (χ4v) is 7.93. The van der Waals surface area contributed by atoms with Crippen molar-refractivity contribution in [3.8, 4) is 0 Å². The summed E-state index contributed by atoms with van der Waals surface area (Å²) >= 11 is 0. The summed E-state index contributed by atoms with van der Waals surface area (Å²) in [6.45, 7) is 5.65. The van der Waals surface area contributed by atoms with Gasteiger partial charge in [0, 0.05) is 11.8 Å². The molecule has 7 atom stereocenters. The quantitative estimate of drug-likeness (QED) is 0.625. The van der Waals surface area contributed by atoms with Crippen molar-refractivity contribution in [2.45, 2.75) is 84.3 Å². The molecular formula is C26H36O2. The van der Waals surface area contributed by atoms with Crippen LogP contribution < -0.4 is 0 Å². The van der Waals surface area contributed by atoms with Gasteiger partial charge in [0.25, 0.3) is 0 Å². The molecule has 4 saturated carbocycles. The molecule has 0 spiro atoms. The minimum Gasteiger partial charge on any atom is -0.374 e. The summed E-state index contributed by atoms with van der Waals surface area (Å²) in [5.41, 5.74) is 1.78. The van der Waals surface area contributed by atoms with Crippen LogP contribution in [0.1, 0.15) is 77.2 Å². The second-order valence-electron chi connectivity index (χ2n) is 10.8. The van der Waals surface area contributed by atoms with Gasteiger partial charge >= 0.3 is 0 Å². The van der Waals surface area contributed by atoms with Gasteiger partial charge in [0.15, 0.2) is 0 Å². The molecule has 2 heteroatoms. The van der Waals surface area contributed by atoms with E-state index in [-0.39, 0.29) is 5.41 Å². The summed E-state index contributed by atoms with van der Waals surface area (Å²) < 4.78 is 6.35. The number of Topliss-reactive ketones (excluding diaryl/α,β-unsaturated/α-hetero) is 1. The fourth-order valence-electron chi connectivity index (χ4n) is 7.93. The Kier molecular flexibility index (Phi) is 4.69. The van der Waals surface area contributed by atoms with E-state index in [4.69, 9.17) is 4.74 Å². The molecule has 0 radical (unpaired) electrons. The number of carbonyl (C=O) groups is 1. The Labute approximate surface area is 170 Å². The van der Waals surface area contributed by atoms with Crippen molar-refractivity contribution in [1.82, 2.24) is 0 Å². The summed E-state index contributed by atoms with van der Waals surface area (Å²) in [7, 11) is 0. The van der Waals surface area contributed by atoms with Crippen molar-refractivity contribution in [2.24, 2.45) is 34.5 Å². The SMILES string of the molecule is C[C@]12CC[C@H](OCc3ccccc3)C[C@@H]1CC[C@@H]1[C@H]2CC[C@]2(C)C(=O)CC[C@H]12. The van der Waals surface area contributed by atoms with Crippen LogP contribution in [0.25, 0.3) is 0 Å². The second kappa shape index (κ2) is 6.97. The van der Waals surface area contributed by atoms with E-state index in [1.54, 1.807) is 0 Å². The Hall–Kier alpha value is -1.15. The van der Waals surface area contributed by atoms with E-state index in [2.05, 4.69) is 44.2 Å². The first-order valence-corrected chi connectivity index (χ1v) is 11.7. The molecule has 4 aliphatic rings. The number of fused-ring (bicyclic) bond motifs is 5. The molecule has 0 N–H and O–H groups in total. The van der Waals surface area contributed by atoms with E-state index in [0.29, 0.717) is 23.2 Å². The lowest BCUT2D eigenvalue weighted by atomic mass is 9.45. The molecule has 0 amide bonds. The number of carbonyl (C=O) groups excluding carboxylic acids is 1. The van der Waals surface area contributed by atoms with Gasteiger partial charge in [-0.1, -0.05) is 44.2 Å².